The van der Waals surface area contributed by atoms with E-state index in [1.165, 1.54) is 17.3 Å². The van der Waals surface area contributed by atoms with E-state index in [1.54, 1.807) is 0 Å². The molecule has 1 aromatic rings. The van der Waals surface area contributed by atoms with E-state index in [-0.39, 0.29) is 0 Å². The molecule has 1 aliphatic heterocycles. The quantitative estimate of drug-likeness (QED) is 0.788. The number of nitrogens with zero attached hydrogens (tertiary/aromatic N) is 4. The molecule has 0 radical (unpaired) electrons. The Morgan fingerprint density at radius 3 is 2.52 bits per heavy atom. The van der Waals surface area contributed by atoms with Crippen molar-refractivity contribution in [3.8, 4) is 0 Å². The number of anilines is 3. The summed E-state index contributed by atoms with van der Waals surface area (Å²) in [7, 11) is 3.88. The summed E-state index contributed by atoms with van der Waals surface area (Å²) in [6.07, 6.45) is 1.04. The highest BCUT2D eigenvalue weighted by atomic mass is 32.2. The highest BCUT2D eigenvalue weighted by Gasteiger charge is 2.15. The Bertz CT molecular complexity index is 437. The monoisotopic (exact) mass is 328 g/mol. The first-order chi connectivity index (χ1) is 10.2. The summed E-state index contributed by atoms with van der Waals surface area (Å²) in [6, 6.07) is 0. The minimum atomic E-state index is 0.635. The first kappa shape index (κ1) is 16.5. The molecule has 21 heavy (non-hydrogen) atoms. The van der Waals surface area contributed by atoms with E-state index in [9.17, 15) is 0 Å². The average molecular weight is 329 g/mol. The molecule has 1 aromatic heterocycles. The van der Waals surface area contributed by atoms with Crippen molar-refractivity contribution in [2.24, 2.45) is 0 Å². The first-order valence-electron chi connectivity index (χ1n) is 7.29. The van der Waals surface area contributed by atoms with Crippen LogP contribution in [0.4, 0.5) is 17.8 Å². The van der Waals surface area contributed by atoms with E-state index >= 15 is 0 Å². The molecule has 0 bridgehead atoms. The molecule has 6 nitrogen and oxygen atoms in total. The molecule has 2 N–H and O–H groups in total. The van der Waals surface area contributed by atoms with Gasteiger partial charge in [0.05, 0.1) is 0 Å². The van der Waals surface area contributed by atoms with E-state index in [2.05, 4.69) is 32.5 Å². The van der Waals surface area contributed by atoms with Crippen molar-refractivity contribution in [3.05, 3.63) is 0 Å². The van der Waals surface area contributed by atoms with Gasteiger partial charge in [-0.3, -0.25) is 0 Å². The lowest BCUT2D eigenvalue weighted by molar-refractivity contribution is 0.903. The Balaban J connectivity index is 2.00. The van der Waals surface area contributed by atoms with Crippen LogP contribution in [0.3, 0.4) is 0 Å². The summed E-state index contributed by atoms with van der Waals surface area (Å²) < 4.78 is 0. The molecule has 8 heteroatoms. The van der Waals surface area contributed by atoms with Gasteiger partial charge in [-0.2, -0.15) is 38.5 Å². The van der Waals surface area contributed by atoms with Crippen LogP contribution < -0.4 is 15.5 Å². The third-order valence-electron chi connectivity index (χ3n) is 2.93. The van der Waals surface area contributed by atoms with Gasteiger partial charge < -0.3 is 15.5 Å². The molecule has 118 valence electrons. The normalized spacial score (nSPS) is 18.3. The summed E-state index contributed by atoms with van der Waals surface area (Å²) in [5, 5.41) is 7.23. The summed E-state index contributed by atoms with van der Waals surface area (Å²) in [4.78, 5) is 15.2. The standard InChI is InChI=1S/C13H24N6S2/c1-4-5-14-11-16-12(18-13(17-11)19(2)3)15-8-10-9-20-6-7-21-10/h10H,4-9H2,1-3H3,(H2,14,15,16,17,18). The topological polar surface area (TPSA) is 66.0 Å². The second-order valence-corrected chi connectivity index (χ2v) is 7.61. The minimum Gasteiger partial charge on any atom is -0.354 e. The molecule has 0 aliphatic carbocycles. The largest absolute Gasteiger partial charge is 0.354 e. The molecule has 0 aromatic carbocycles. The fourth-order valence-corrected chi connectivity index (χ4v) is 4.43. The SMILES string of the molecule is CCCNc1nc(NCC2CSCCS2)nc(N(C)C)n1. The van der Waals surface area contributed by atoms with Gasteiger partial charge >= 0.3 is 0 Å². The molecular weight excluding hydrogens is 304 g/mol. The number of rotatable bonds is 7. The summed E-state index contributed by atoms with van der Waals surface area (Å²) >= 11 is 4.06. The third kappa shape index (κ3) is 5.43. The minimum absolute atomic E-state index is 0.635. The number of hydrogen-bond acceptors (Lipinski definition) is 8. The van der Waals surface area contributed by atoms with Crippen LogP contribution in [0, 0.1) is 0 Å². The van der Waals surface area contributed by atoms with Crippen LogP contribution in [0.25, 0.3) is 0 Å². The molecule has 2 heterocycles. The highest BCUT2D eigenvalue weighted by molar-refractivity contribution is 8.06. The summed E-state index contributed by atoms with van der Waals surface area (Å²) in [5.41, 5.74) is 0. The van der Waals surface area contributed by atoms with E-state index in [4.69, 9.17) is 0 Å². The molecular formula is C13H24N6S2. The predicted molar refractivity (Wildman–Crippen MR) is 95.0 cm³/mol. The Kier molecular flexibility index (Phi) is 6.69. The van der Waals surface area contributed by atoms with Gasteiger partial charge in [-0.15, -0.1) is 0 Å². The molecule has 0 spiro atoms. The van der Waals surface area contributed by atoms with Gasteiger partial charge in [0.15, 0.2) is 0 Å². The summed E-state index contributed by atoms with van der Waals surface area (Å²) in [5.74, 6) is 5.68. The van der Waals surface area contributed by atoms with Gasteiger partial charge in [-0.05, 0) is 6.42 Å². The Hall–Kier alpha value is -0.890. The van der Waals surface area contributed by atoms with Crippen molar-refractivity contribution in [2.75, 3.05) is 60.0 Å². The number of aromatic nitrogens is 3. The number of hydrogen-bond donors (Lipinski definition) is 2. The van der Waals surface area contributed by atoms with Gasteiger partial charge in [0.25, 0.3) is 0 Å². The number of thioether (sulfide) groups is 2. The van der Waals surface area contributed by atoms with Crippen molar-refractivity contribution < 1.29 is 0 Å². The highest BCUT2D eigenvalue weighted by Crippen LogP contribution is 2.24. The first-order valence-corrected chi connectivity index (χ1v) is 9.50. The van der Waals surface area contributed by atoms with Gasteiger partial charge in [0, 0.05) is 49.7 Å². The van der Waals surface area contributed by atoms with Crippen LogP contribution in [-0.4, -0.2) is 64.6 Å². The lowest BCUT2D eigenvalue weighted by Crippen LogP contribution is -2.25. The van der Waals surface area contributed by atoms with E-state index < -0.39 is 0 Å². The maximum atomic E-state index is 4.46. The lowest BCUT2D eigenvalue weighted by Gasteiger charge is -2.21. The van der Waals surface area contributed by atoms with Gasteiger partial charge in [-0.1, -0.05) is 6.92 Å². The zero-order valence-corrected chi connectivity index (χ0v) is 14.6. The van der Waals surface area contributed by atoms with Crippen LogP contribution >= 0.6 is 23.5 Å². The fourth-order valence-electron chi connectivity index (χ4n) is 1.82. The summed E-state index contributed by atoms with van der Waals surface area (Å²) in [6.45, 7) is 3.89. The molecule has 1 fully saturated rings. The van der Waals surface area contributed by atoms with Crippen LogP contribution in [0.1, 0.15) is 13.3 Å². The van der Waals surface area contributed by atoms with Gasteiger partial charge in [-0.25, -0.2) is 0 Å². The molecule has 1 saturated heterocycles. The van der Waals surface area contributed by atoms with Crippen molar-refractivity contribution >= 4 is 41.4 Å². The average Bonchev–Trinajstić information content (AvgIpc) is 2.51. The van der Waals surface area contributed by atoms with Gasteiger partial charge in [0.1, 0.15) is 0 Å². The van der Waals surface area contributed by atoms with Crippen LogP contribution in [0.2, 0.25) is 0 Å². The smallest absolute Gasteiger partial charge is 0.231 e. The number of nitrogens with one attached hydrogen (secondary N) is 2. The van der Waals surface area contributed by atoms with Crippen LogP contribution in [-0.2, 0) is 0 Å². The van der Waals surface area contributed by atoms with E-state index in [1.807, 2.05) is 42.5 Å². The van der Waals surface area contributed by atoms with Crippen molar-refractivity contribution in [3.63, 3.8) is 0 Å². The second-order valence-electron chi connectivity index (χ2n) is 5.05. The van der Waals surface area contributed by atoms with Crippen molar-refractivity contribution in [2.45, 2.75) is 18.6 Å². The van der Waals surface area contributed by atoms with Crippen LogP contribution in [0.5, 0.6) is 0 Å². The third-order valence-corrected chi connectivity index (χ3v) is 5.77. The van der Waals surface area contributed by atoms with Crippen molar-refractivity contribution in [1.82, 2.24) is 15.0 Å². The maximum Gasteiger partial charge on any atom is 0.231 e. The zero-order chi connectivity index (χ0) is 15.1. The van der Waals surface area contributed by atoms with E-state index in [0.29, 0.717) is 23.1 Å². The fraction of sp³-hybridized carbons (Fsp3) is 0.769. The maximum absolute atomic E-state index is 4.46. The molecule has 0 amide bonds. The lowest BCUT2D eigenvalue weighted by atomic mass is 10.4. The Labute approximate surface area is 135 Å². The predicted octanol–water partition coefficient (Wildman–Crippen LogP) is 2.02. The van der Waals surface area contributed by atoms with Crippen molar-refractivity contribution in [1.29, 1.82) is 0 Å². The van der Waals surface area contributed by atoms with Gasteiger partial charge in [0.2, 0.25) is 17.8 Å². The molecule has 1 atom stereocenters. The molecule has 2 rings (SSSR count). The molecule has 0 saturated carbocycles. The Morgan fingerprint density at radius 2 is 1.90 bits per heavy atom. The molecule has 1 unspecified atom stereocenters. The van der Waals surface area contributed by atoms with E-state index in [0.717, 1.165) is 19.5 Å². The molecule has 1 aliphatic rings. The second kappa shape index (κ2) is 8.53. The Morgan fingerprint density at radius 1 is 1.14 bits per heavy atom. The van der Waals surface area contributed by atoms with Crippen LogP contribution in [0.15, 0.2) is 0 Å². The zero-order valence-electron chi connectivity index (χ0n) is 12.9.